The van der Waals surface area contributed by atoms with Crippen LogP contribution in [-0.2, 0) is 4.74 Å². The van der Waals surface area contributed by atoms with Crippen LogP contribution in [0, 0.1) is 0 Å². The van der Waals surface area contributed by atoms with Crippen molar-refractivity contribution in [3.63, 3.8) is 0 Å². The molecule has 0 aliphatic rings. The van der Waals surface area contributed by atoms with Crippen LogP contribution in [0.15, 0.2) is 55.8 Å². The summed E-state index contributed by atoms with van der Waals surface area (Å²) in [6, 6.07) is 6.60. The third-order valence-corrected chi connectivity index (χ3v) is 5.11. The van der Waals surface area contributed by atoms with E-state index in [4.69, 9.17) is 18.3 Å². The van der Waals surface area contributed by atoms with E-state index in [1.165, 1.54) is 6.07 Å². The number of hydrogen-bond acceptors (Lipinski definition) is 6. The molecule has 28 heavy (non-hydrogen) atoms. The number of ether oxygens (including phenoxy) is 2. The fourth-order valence-corrected chi connectivity index (χ4v) is 2.98. The quantitative estimate of drug-likeness (QED) is 0.456. The summed E-state index contributed by atoms with van der Waals surface area (Å²) >= 11 is 0. The van der Waals surface area contributed by atoms with Crippen LogP contribution in [-0.4, -0.2) is 30.5 Å². The zero-order chi connectivity index (χ0) is 20.3. The van der Waals surface area contributed by atoms with E-state index < -0.39 is 17.3 Å². The van der Waals surface area contributed by atoms with Crippen molar-refractivity contribution < 1.29 is 23.4 Å². The molecular formula is C22H26O6. The van der Waals surface area contributed by atoms with Gasteiger partial charge in [-0.25, -0.2) is 4.79 Å². The maximum Gasteiger partial charge on any atom is 0.336 e. The molecule has 3 aromatic rings. The lowest BCUT2D eigenvalue weighted by Gasteiger charge is -2.29. The summed E-state index contributed by atoms with van der Waals surface area (Å²) in [6.45, 7) is 6.10. The monoisotopic (exact) mass is 386 g/mol. The minimum absolute atomic E-state index is 0.355. The lowest BCUT2D eigenvalue weighted by atomic mass is 9.95. The summed E-state index contributed by atoms with van der Waals surface area (Å²) in [7, 11) is 1.60. The second-order valence-corrected chi connectivity index (χ2v) is 7.43. The van der Waals surface area contributed by atoms with E-state index in [9.17, 15) is 9.90 Å². The average molecular weight is 386 g/mol. The molecule has 1 N–H and O–H groups in total. The molecule has 150 valence electrons. The van der Waals surface area contributed by atoms with Crippen molar-refractivity contribution in [3.8, 4) is 5.75 Å². The van der Waals surface area contributed by atoms with Gasteiger partial charge in [0.05, 0.1) is 28.7 Å². The van der Waals surface area contributed by atoms with Gasteiger partial charge in [-0.05, 0) is 51.8 Å². The highest BCUT2D eigenvalue weighted by Gasteiger charge is 2.26. The van der Waals surface area contributed by atoms with E-state index in [1.807, 2.05) is 32.9 Å². The highest BCUT2D eigenvalue weighted by atomic mass is 16.5. The molecule has 0 unspecified atom stereocenters. The summed E-state index contributed by atoms with van der Waals surface area (Å²) in [5.74, 6) is 0.620. The van der Waals surface area contributed by atoms with Gasteiger partial charge < -0.3 is 23.4 Å². The van der Waals surface area contributed by atoms with Gasteiger partial charge in [-0.1, -0.05) is 5.57 Å². The Morgan fingerprint density at radius 3 is 2.75 bits per heavy atom. The van der Waals surface area contributed by atoms with Gasteiger partial charge in [0, 0.05) is 19.2 Å². The summed E-state index contributed by atoms with van der Waals surface area (Å²) in [4.78, 5) is 11.5. The maximum atomic E-state index is 11.5. The molecule has 0 radical (unpaired) electrons. The smallest absolute Gasteiger partial charge is 0.336 e. The third kappa shape index (κ3) is 4.29. The molecule has 1 atom stereocenters. The van der Waals surface area contributed by atoms with E-state index in [0.29, 0.717) is 29.9 Å². The zero-order valence-corrected chi connectivity index (χ0v) is 16.7. The van der Waals surface area contributed by atoms with E-state index in [1.54, 1.807) is 25.5 Å². The fraction of sp³-hybridized carbons (Fsp3) is 0.409. The minimum atomic E-state index is -0.573. The van der Waals surface area contributed by atoms with Crippen molar-refractivity contribution in [2.24, 2.45) is 0 Å². The molecule has 0 amide bonds. The van der Waals surface area contributed by atoms with E-state index >= 15 is 0 Å². The molecule has 0 spiro atoms. The number of furan rings is 1. The molecule has 2 heterocycles. The lowest BCUT2D eigenvalue weighted by Crippen LogP contribution is -2.37. The van der Waals surface area contributed by atoms with Crippen LogP contribution in [0.3, 0.4) is 0 Å². The van der Waals surface area contributed by atoms with Crippen LogP contribution in [0.2, 0.25) is 0 Å². The number of aliphatic hydroxyl groups is 1. The second kappa shape index (κ2) is 8.20. The number of methoxy groups -OCH3 is 1. The van der Waals surface area contributed by atoms with Crippen LogP contribution in [0.4, 0.5) is 0 Å². The number of rotatable bonds is 8. The first-order chi connectivity index (χ1) is 13.3. The zero-order valence-electron chi connectivity index (χ0n) is 16.7. The largest absolute Gasteiger partial charge is 0.488 e. The molecule has 6 nitrogen and oxygen atoms in total. The summed E-state index contributed by atoms with van der Waals surface area (Å²) < 4.78 is 22.0. The number of aliphatic hydroxyl groups excluding tert-OH is 1. The minimum Gasteiger partial charge on any atom is -0.488 e. The lowest BCUT2D eigenvalue weighted by molar-refractivity contribution is -0.0797. The topological polar surface area (TPSA) is 82.0 Å². The van der Waals surface area contributed by atoms with Gasteiger partial charge in [-0.3, -0.25) is 0 Å². The van der Waals surface area contributed by atoms with Gasteiger partial charge in [0.25, 0.3) is 0 Å². The molecular weight excluding hydrogens is 360 g/mol. The molecule has 0 aliphatic carbocycles. The van der Waals surface area contributed by atoms with Crippen molar-refractivity contribution in [3.05, 3.63) is 52.6 Å². The van der Waals surface area contributed by atoms with Gasteiger partial charge in [0.1, 0.15) is 23.5 Å². The first-order valence-corrected chi connectivity index (χ1v) is 9.27. The van der Waals surface area contributed by atoms with Gasteiger partial charge in [0.2, 0.25) is 0 Å². The van der Waals surface area contributed by atoms with Crippen LogP contribution >= 0.6 is 0 Å². The average Bonchev–Trinajstić information content (AvgIpc) is 3.13. The Hall–Kier alpha value is -2.57. The first kappa shape index (κ1) is 20.2. The third-order valence-electron chi connectivity index (χ3n) is 5.11. The standard InChI is InChI=1S/C22H26O6/c1-14(5-7-19(23)22(2,3)25-4)9-11-27-21-15-6-8-20(24)28-18(15)13-17-16(21)10-12-26-17/h6,8-10,12-13,19,23H,5,7,11H2,1-4H3/b14-9+/t19-/m0/s1. The Balaban J connectivity index is 1.73. The molecule has 0 bridgehead atoms. The molecule has 3 rings (SSSR count). The van der Waals surface area contributed by atoms with E-state index in [0.717, 1.165) is 22.8 Å². The normalized spacial score (nSPS) is 14.0. The van der Waals surface area contributed by atoms with E-state index in [-0.39, 0.29) is 0 Å². The van der Waals surface area contributed by atoms with Crippen molar-refractivity contribution in [2.75, 3.05) is 13.7 Å². The number of benzene rings is 1. The Kier molecular flexibility index (Phi) is 5.91. The SMILES string of the molecule is COC(C)(C)[C@@H](O)CC/C(C)=C/COc1c2ccoc2cc2oc(=O)ccc12. The summed E-state index contributed by atoms with van der Waals surface area (Å²) in [5.41, 5.74) is 1.15. The maximum absolute atomic E-state index is 11.5. The van der Waals surface area contributed by atoms with Crippen molar-refractivity contribution in [2.45, 2.75) is 45.3 Å². The molecule has 0 saturated carbocycles. The van der Waals surface area contributed by atoms with Crippen molar-refractivity contribution in [1.82, 2.24) is 0 Å². The predicted molar refractivity (Wildman–Crippen MR) is 108 cm³/mol. The number of allylic oxidation sites excluding steroid dienone is 1. The predicted octanol–water partition coefficient (Wildman–Crippen LogP) is 4.43. The van der Waals surface area contributed by atoms with E-state index in [2.05, 4.69) is 0 Å². The Morgan fingerprint density at radius 1 is 1.25 bits per heavy atom. The first-order valence-electron chi connectivity index (χ1n) is 9.27. The van der Waals surface area contributed by atoms with Crippen LogP contribution in [0.25, 0.3) is 21.9 Å². The van der Waals surface area contributed by atoms with Gasteiger partial charge in [0.15, 0.2) is 0 Å². The fourth-order valence-electron chi connectivity index (χ4n) is 2.98. The Bertz CT molecular complexity index is 1040. The molecule has 2 aromatic heterocycles. The van der Waals surface area contributed by atoms with Crippen LogP contribution in [0.1, 0.15) is 33.6 Å². The summed E-state index contributed by atoms with van der Waals surface area (Å²) in [5, 5.41) is 11.8. The second-order valence-electron chi connectivity index (χ2n) is 7.43. The van der Waals surface area contributed by atoms with Crippen molar-refractivity contribution in [1.29, 1.82) is 0 Å². The van der Waals surface area contributed by atoms with Crippen LogP contribution < -0.4 is 10.4 Å². The molecule has 0 saturated heterocycles. The summed E-state index contributed by atoms with van der Waals surface area (Å²) in [6.07, 6.45) is 4.36. The Labute approximate surface area is 163 Å². The van der Waals surface area contributed by atoms with Gasteiger partial charge >= 0.3 is 5.63 Å². The van der Waals surface area contributed by atoms with Gasteiger partial charge in [-0.15, -0.1) is 0 Å². The molecule has 0 fully saturated rings. The number of hydrogen-bond donors (Lipinski definition) is 1. The van der Waals surface area contributed by atoms with Crippen molar-refractivity contribution >= 4 is 21.9 Å². The molecule has 6 heteroatoms. The Morgan fingerprint density at radius 2 is 2.00 bits per heavy atom. The molecule has 0 aliphatic heterocycles. The van der Waals surface area contributed by atoms with Crippen LogP contribution in [0.5, 0.6) is 5.75 Å². The highest BCUT2D eigenvalue weighted by molar-refractivity contribution is 6.01. The highest BCUT2D eigenvalue weighted by Crippen LogP contribution is 2.35. The molecule has 1 aromatic carbocycles. The number of fused-ring (bicyclic) bond motifs is 2. The van der Waals surface area contributed by atoms with Gasteiger partial charge in [-0.2, -0.15) is 0 Å².